The number of imide groups is 1. The zero-order chi connectivity index (χ0) is 23.1. The number of nitrogens with zero attached hydrogens (tertiary/aromatic N) is 2. The first-order chi connectivity index (χ1) is 15.9. The van der Waals surface area contributed by atoms with Crippen molar-refractivity contribution in [1.82, 2.24) is 15.1 Å². The van der Waals surface area contributed by atoms with Gasteiger partial charge in [-0.05, 0) is 46.7 Å². The second kappa shape index (κ2) is 9.43. The number of carbonyl (C=O) groups excluding carboxylic acids is 2. The first kappa shape index (κ1) is 22.9. The number of hydrogen-bond acceptors (Lipinski definition) is 5. The van der Waals surface area contributed by atoms with E-state index in [2.05, 4.69) is 39.4 Å². The molecule has 5 rings (SSSR count). The lowest BCUT2D eigenvalue weighted by Crippen LogP contribution is -2.51. The minimum Gasteiger partial charge on any atom is -0.295 e. The van der Waals surface area contributed by atoms with Crippen molar-refractivity contribution in [2.75, 3.05) is 13.1 Å². The lowest BCUT2D eigenvalue weighted by molar-refractivity contribution is -0.137. The maximum absolute atomic E-state index is 12.4. The van der Waals surface area contributed by atoms with Crippen LogP contribution >= 0.6 is 35.8 Å². The van der Waals surface area contributed by atoms with Crippen LogP contribution in [-0.4, -0.2) is 40.7 Å². The van der Waals surface area contributed by atoms with Crippen LogP contribution in [0.5, 0.6) is 0 Å². The van der Waals surface area contributed by atoms with Crippen LogP contribution in [0.4, 0.5) is 0 Å². The fraction of sp³-hybridized carbons (Fsp3) is 0.360. The van der Waals surface area contributed by atoms with Crippen molar-refractivity contribution in [3.63, 3.8) is 0 Å². The second-order valence-corrected chi connectivity index (χ2v) is 10.1. The fourth-order valence-electron chi connectivity index (χ4n) is 4.98. The summed E-state index contributed by atoms with van der Waals surface area (Å²) in [5.74, 6) is -0.406. The fourth-order valence-corrected chi connectivity index (χ4v) is 5.88. The highest BCUT2D eigenvalue weighted by atomic mass is 35.5. The highest BCUT2D eigenvalue weighted by molar-refractivity contribution is 7.80. The smallest absolute Gasteiger partial charge is 0.243 e. The van der Waals surface area contributed by atoms with Crippen LogP contribution in [0.25, 0.3) is 5.57 Å². The molecular formula is C25H25Cl2N3O2S. The monoisotopic (exact) mass is 501 g/mol. The predicted molar refractivity (Wildman–Crippen MR) is 134 cm³/mol. The SMILES string of the molecule is O=C1CCC(N2Cc3ccc(CN4CC=C(c5cccc(Cl)c5Cl)CC4)cc3C2S)C(=O)N1. The Morgan fingerprint density at radius 1 is 1.12 bits per heavy atom. The van der Waals surface area contributed by atoms with Gasteiger partial charge in [-0.3, -0.25) is 24.7 Å². The molecule has 2 unspecified atom stereocenters. The number of carbonyl (C=O) groups is 2. The number of amides is 2. The van der Waals surface area contributed by atoms with Crippen molar-refractivity contribution < 1.29 is 9.59 Å². The Labute approximate surface area is 209 Å². The normalized spacial score (nSPS) is 23.9. The zero-order valence-electron chi connectivity index (χ0n) is 18.1. The average molecular weight is 502 g/mol. The van der Waals surface area contributed by atoms with Gasteiger partial charge >= 0.3 is 0 Å². The van der Waals surface area contributed by atoms with E-state index < -0.39 is 0 Å². The first-order valence-corrected chi connectivity index (χ1v) is 12.4. The van der Waals surface area contributed by atoms with E-state index in [1.54, 1.807) is 0 Å². The molecule has 0 aromatic heterocycles. The third-order valence-electron chi connectivity index (χ3n) is 6.76. The van der Waals surface area contributed by atoms with Crippen molar-refractivity contribution >= 4 is 53.2 Å². The molecule has 1 saturated heterocycles. The number of benzene rings is 2. The van der Waals surface area contributed by atoms with Gasteiger partial charge in [0.25, 0.3) is 0 Å². The Kier molecular flexibility index (Phi) is 6.56. The van der Waals surface area contributed by atoms with E-state index in [0.29, 0.717) is 29.4 Å². The molecule has 172 valence electrons. The molecule has 3 aliphatic heterocycles. The molecule has 0 aliphatic carbocycles. The summed E-state index contributed by atoms with van der Waals surface area (Å²) in [5.41, 5.74) is 5.84. The van der Waals surface area contributed by atoms with E-state index in [1.807, 2.05) is 18.2 Å². The van der Waals surface area contributed by atoms with E-state index in [-0.39, 0.29) is 23.2 Å². The molecule has 0 spiro atoms. The topological polar surface area (TPSA) is 52.7 Å². The first-order valence-electron chi connectivity index (χ1n) is 11.2. The number of piperidine rings is 1. The van der Waals surface area contributed by atoms with Crippen LogP contribution in [0.3, 0.4) is 0 Å². The summed E-state index contributed by atoms with van der Waals surface area (Å²) in [6, 6.07) is 12.0. The molecule has 3 aliphatic rings. The van der Waals surface area contributed by atoms with Crippen LogP contribution in [0.2, 0.25) is 10.0 Å². The van der Waals surface area contributed by atoms with Gasteiger partial charge in [0.15, 0.2) is 0 Å². The zero-order valence-corrected chi connectivity index (χ0v) is 20.5. The molecule has 1 N–H and O–H groups in total. The maximum atomic E-state index is 12.4. The van der Waals surface area contributed by atoms with Crippen LogP contribution in [0.1, 0.15) is 46.9 Å². The molecule has 8 heteroatoms. The third kappa shape index (κ3) is 4.60. The number of rotatable bonds is 4. The van der Waals surface area contributed by atoms with E-state index in [4.69, 9.17) is 35.8 Å². The van der Waals surface area contributed by atoms with Gasteiger partial charge in [0.05, 0.1) is 21.5 Å². The molecule has 5 nitrogen and oxygen atoms in total. The molecule has 2 amide bonds. The van der Waals surface area contributed by atoms with Crippen LogP contribution < -0.4 is 5.32 Å². The van der Waals surface area contributed by atoms with Crippen LogP contribution in [0, 0.1) is 0 Å². The number of thiol groups is 1. The Bertz CT molecular complexity index is 1150. The minimum atomic E-state index is -0.315. The molecule has 33 heavy (non-hydrogen) atoms. The molecule has 2 aromatic carbocycles. The van der Waals surface area contributed by atoms with Gasteiger partial charge in [-0.1, -0.05) is 59.6 Å². The molecule has 0 bridgehead atoms. The molecular weight excluding hydrogens is 477 g/mol. The highest BCUT2D eigenvalue weighted by Gasteiger charge is 2.39. The van der Waals surface area contributed by atoms with Gasteiger partial charge < -0.3 is 0 Å². The summed E-state index contributed by atoms with van der Waals surface area (Å²) in [6.07, 6.45) is 4.07. The molecule has 2 aromatic rings. The molecule has 0 saturated carbocycles. The maximum Gasteiger partial charge on any atom is 0.243 e. The number of hydrogen-bond donors (Lipinski definition) is 2. The Hall–Kier alpha value is -1.83. The van der Waals surface area contributed by atoms with Gasteiger partial charge in [0.2, 0.25) is 11.8 Å². The Morgan fingerprint density at radius 2 is 1.97 bits per heavy atom. The lowest BCUT2D eigenvalue weighted by Gasteiger charge is -2.32. The molecule has 2 atom stereocenters. The van der Waals surface area contributed by atoms with Crippen LogP contribution in [0.15, 0.2) is 42.5 Å². The Morgan fingerprint density at radius 3 is 2.73 bits per heavy atom. The van der Waals surface area contributed by atoms with E-state index in [9.17, 15) is 9.59 Å². The van der Waals surface area contributed by atoms with Crippen molar-refractivity contribution in [3.8, 4) is 0 Å². The largest absolute Gasteiger partial charge is 0.295 e. The summed E-state index contributed by atoms with van der Waals surface area (Å²) in [6.45, 7) is 3.31. The van der Waals surface area contributed by atoms with Gasteiger partial charge in [0.1, 0.15) is 0 Å². The summed E-state index contributed by atoms with van der Waals surface area (Å²) in [4.78, 5) is 28.4. The Balaban J connectivity index is 1.26. The van der Waals surface area contributed by atoms with Gasteiger partial charge in [-0.2, -0.15) is 12.6 Å². The third-order valence-corrected chi connectivity index (χ3v) is 8.16. The van der Waals surface area contributed by atoms with Gasteiger partial charge in [-0.15, -0.1) is 0 Å². The van der Waals surface area contributed by atoms with Crippen molar-refractivity contribution in [3.05, 3.63) is 74.8 Å². The van der Waals surface area contributed by atoms with Crippen molar-refractivity contribution in [2.24, 2.45) is 0 Å². The summed E-state index contributed by atoms with van der Waals surface area (Å²) >= 11 is 17.4. The van der Waals surface area contributed by atoms with E-state index in [1.165, 1.54) is 16.7 Å². The predicted octanol–water partition coefficient (Wildman–Crippen LogP) is 4.83. The highest BCUT2D eigenvalue weighted by Crippen LogP contribution is 2.40. The summed E-state index contributed by atoms with van der Waals surface area (Å²) in [5, 5.41) is 3.52. The second-order valence-electron chi connectivity index (χ2n) is 8.86. The molecule has 0 radical (unpaired) electrons. The van der Waals surface area contributed by atoms with Crippen molar-refractivity contribution in [2.45, 2.75) is 43.8 Å². The standard InChI is InChI=1S/C25H25Cl2N3O2S/c26-20-3-1-2-18(23(20)27)16-8-10-29(11-9-16)13-15-4-5-17-14-30(25(33)19(17)12-15)21-6-7-22(31)28-24(21)32/h1-5,8,12,21,25,33H,6-7,9-11,13-14H2,(H,28,31,32). The average Bonchev–Trinajstić information content (AvgIpc) is 3.12. The summed E-state index contributed by atoms with van der Waals surface area (Å²) in [7, 11) is 0. The molecule has 3 heterocycles. The van der Waals surface area contributed by atoms with Crippen LogP contribution in [-0.2, 0) is 22.7 Å². The van der Waals surface area contributed by atoms with Gasteiger partial charge in [-0.25, -0.2) is 0 Å². The number of nitrogens with one attached hydrogen (secondary N) is 1. The quantitative estimate of drug-likeness (QED) is 0.465. The summed E-state index contributed by atoms with van der Waals surface area (Å²) < 4.78 is 0. The number of halogens is 2. The molecule has 1 fully saturated rings. The van der Waals surface area contributed by atoms with E-state index in [0.717, 1.165) is 37.2 Å². The lowest BCUT2D eigenvalue weighted by atomic mass is 9.99. The number of fused-ring (bicyclic) bond motifs is 1. The van der Waals surface area contributed by atoms with E-state index >= 15 is 0 Å². The van der Waals surface area contributed by atoms with Gasteiger partial charge in [0, 0.05) is 32.6 Å². The minimum absolute atomic E-state index is 0.151. The van der Waals surface area contributed by atoms with Crippen molar-refractivity contribution in [1.29, 1.82) is 0 Å².